The highest BCUT2D eigenvalue weighted by Crippen LogP contribution is 2.41. The Kier molecular flexibility index (Phi) is 11.6. The number of unbranched alkanes of at least 4 members (excludes halogenated alkanes) is 2. The molecule has 3 rings (SSSR count). The van der Waals surface area contributed by atoms with Gasteiger partial charge in [0.25, 0.3) is 0 Å². The van der Waals surface area contributed by atoms with Crippen molar-refractivity contribution in [1.29, 1.82) is 0 Å². The van der Waals surface area contributed by atoms with E-state index in [9.17, 15) is 18.0 Å². The van der Waals surface area contributed by atoms with Crippen molar-refractivity contribution in [2.24, 2.45) is 22.3 Å². The third-order valence-corrected chi connectivity index (χ3v) is 9.47. The fourth-order valence-corrected chi connectivity index (χ4v) is 6.13. The summed E-state index contributed by atoms with van der Waals surface area (Å²) in [4.78, 5) is 14.0. The first-order valence-corrected chi connectivity index (χ1v) is 16.3. The van der Waals surface area contributed by atoms with Crippen molar-refractivity contribution in [3.05, 3.63) is 53.6 Å². The second-order valence-corrected chi connectivity index (χ2v) is 14.6. The van der Waals surface area contributed by atoms with Crippen LogP contribution in [0.15, 0.2) is 42.5 Å². The van der Waals surface area contributed by atoms with Crippen molar-refractivity contribution in [1.82, 2.24) is 0 Å². The second-order valence-electron chi connectivity index (χ2n) is 13.6. The number of nitrogens with two attached hydrogens (primary N) is 2. The Labute approximate surface area is 264 Å². The van der Waals surface area contributed by atoms with Crippen LogP contribution in [0.25, 0.3) is 20.5 Å². The molecule has 0 bridgehead atoms. The minimum absolute atomic E-state index is 0.297. The molecule has 0 amide bonds. The minimum atomic E-state index is -4.68. The highest BCUT2D eigenvalue weighted by molar-refractivity contribution is 7.22. The molecule has 0 saturated heterocycles. The molecule has 0 fully saturated rings. The third-order valence-electron chi connectivity index (χ3n) is 8.34. The summed E-state index contributed by atoms with van der Waals surface area (Å²) in [6.07, 6.45) is 1.19. The Morgan fingerprint density at radius 3 is 2.27 bits per heavy atom. The van der Waals surface area contributed by atoms with Crippen LogP contribution < -0.4 is 16.2 Å². The highest BCUT2D eigenvalue weighted by Gasteiger charge is 2.53. The number of alkyl halides is 3. The first kappa shape index (κ1) is 35.9. The van der Waals surface area contributed by atoms with E-state index in [2.05, 4.69) is 38.1 Å². The number of carbonyl (C=O) groups is 1. The number of rotatable bonds is 15. The predicted molar refractivity (Wildman–Crippen MR) is 175 cm³/mol. The van der Waals surface area contributed by atoms with E-state index in [0.29, 0.717) is 12.2 Å². The molecular formula is C35H49F3N2O3S. The van der Waals surface area contributed by atoms with E-state index in [4.69, 9.17) is 20.9 Å². The van der Waals surface area contributed by atoms with Gasteiger partial charge in [0.2, 0.25) is 0 Å². The zero-order valence-corrected chi connectivity index (χ0v) is 28.0. The molecule has 5 nitrogen and oxygen atoms in total. The molecule has 0 saturated carbocycles. The van der Waals surface area contributed by atoms with Gasteiger partial charge in [-0.15, -0.1) is 11.3 Å². The normalized spacial score (nSPS) is 14.8. The Hall–Kier alpha value is -2.62. The average Bonchev–Trinajstić information content (AvgIpc) is 3.36. The number of esters is 1. The molecule has 2 aromatic carbocycles. The molecule has 9 heteroatoms. The lowest BCUT2D eigenvalue weighted by Gasteiger charge is -2.36. The molecule has 2 atom stereocenters. The van der Waals surface area contributed by atoms with Crippen LogP contribution in [0.1, 0.15) is 85.3 Å². The van der Waals surface area contributed by atoms with Gasteiger partial charge in [-0.2, -0.15) is 13.2 Å². The number of fused-ring (bicyclic) bond motifs is 1. The lowest BCUT2D eigenvalue weighted by molar-refractivity contribution is -0.242. The van der Waals surface area contributed by atoms with Gasteiger partial charge < -0.3 is 20.9 Å². The number of benzene rings is 2. The zero-order valence-electron chi connectivity index (χ0n) is 27.2. The van der Waals surface area contributed by atoms with Gasteiger partial charge in [-0.3, -0.25) is 4.79 Å². The summed E-state index contributed by atoms with van der Waals surface area (Å²) in [6.45, 7) is 10.4. The van der Waals surface area contributed by atoms with Crippen molar-refractivity contribution in [3.8, 4) is 16.2 Å². The number of aryl methyl sites for hydroxylation is 2. The SMILES string of the molecule is CCCCCc1ccc(-c2cc3ccc(OCC(C)(COC(=O)C(C)(C)C(N)CC(C)(C)N)C(F)(F)F)cc3s2)c(CC)c1. The molecule has 1 aromatic heterocycles. The Balaban J connectivity index is 1.74. The van der Waals surface area contributed by atoms with Crippen LogP contribution in [0, 0.1) is 10.8 Å². The van der Waals surface area contributed by atoms with Gasteiger partial charge in [-0.05, 0) is 107 Å². The van der Waals surface area contributed by atoms with Crippen molar-refractivity contribution in [3.63, 3.8) is 0 Å². The van der Waals surface area contributed by atoms with Crippen molar-refractivity contribution < 1.29 is 27.4 Å². The molecule has 44 heavy (non-hydrogen) atoms. The molecule has 2 unspecified atom stereocenters. The van der Waals surface area contributed by atoms with Crippen LogP contribution in [0.3, 0.4) is 0 Å². The van der Waals surface area contributed by atoms with Gasteiger partial charge in [-0.25, -0.2) is 0 Å². The van der Waals surface area contributed by atoms with E-state index in [-0.39, 0.29) is 0 Å². The summed E-state index contributed by atoms with van der Waals surface area (Å²) in [6, 6.07) is 13.4. The molecular weight excluding hydrogens is 585 g/mol. The van der Waals surface area contributed by atoms with Gasteiger partial charge in [-0.1, -0.05) is 44.9 Å². The van der Waals surface area contributed by atoms with Crippen LogP contribution in [0.2, 0.25) is 0 Å². The summed E-state index contributed by atoms with van der Waals surface area (Å²) in [7, 11) is 0. The quantitative estimate of drug-likeness (QED) is 0.129. The summed E-state index contributed by atoms with van der Waals surface area (Å²) >= 11 is 1.59. The summed E-state index contributed by atoms with van der Waals surface area (Å²) in [5, 5.41) is 0.998. The second kappa shape index (κ2) is 14.2. The van der Waals surface area contributed by atoms with Crippen molar-refractivity contribution >= 4 is 27.4 Å². The lowest BCUT2D eigenvalue weighted by atomic mass is 9.79. The maximum atomic E-state index is 14.3. The van der Waals surface area contributed by atoms with Gasteiger partial charge in [0.1, 0.15) is 24.4 Å². The van der Waals surface area contributed by atoms with Crippen LogP contribution in [0.5, 0.6) is 5.75 Å². The lowest BCUT2D eigenvalue weighted by Crippen LogP contribution is -2.51. The smallest absolute Gasteiger partial charge is 0.400 e. The maximum absolute atomic E-state index is 14.3. The fourth-order valence-electron chi connectivity index (χ4n) is 4.98. The molecule has 3 aromatic rings. The van der Waals surface area contributed by atoms with Crippen LogP contribution in [-0.2, 0) is 22.4 Å². The average molecular weight is 635 g/mol. The molecule has 1 heterocycles. The highest BCUT2D eigenvalue weighted by atomic mass is 32.1. The fraction of sp³-hybridized carbons (Fsp3) is 0.571. The molecule has 0 spiro atoms. The first-order chi connectivity index (χ1) is 20.4. The van der Waals surface area contributed by atoms with Gasteiger partial charge in [0.15, 0.2) is 0 Å². The summed E-state index contributed by atoms with van der Waals surface area (Å²) in [5.41, 5.74) is 11.7. The van der Waals surface area contributed by atoms with Gasteiger partial charge >= 0.3 is 12.1 Å². The van der Waals surface area contributed by atoms with E-state index < -0.39 is 47.8 Å². The van der Waals surface area contributed by atoms with Crippen molar-refractivity contribution in [2.45, 2.75) is 105 Å². The predicted octanol–water partition coefficient (Wildman–Crippen LogP) is 8.83. The Bertz CT molecular complexity index is 1410. The number of hydrogen-bond donors (Lipinski definition) is 2. The number of halogens is 3. The monoisotopic (exact) mass is 634 g/mol. The Morgan fingerprint density at radius 2 is 1.66 bits per heavy atom. The number of carbonyl (C=O) groups excluding carboxylic acids is 1. The minimum Gasteiger partial charge on any atom is -0.492 e. The molecule has 4 N–H and O–H groups in total. The van der Waals surface area contributed by atoms with Gasteiger partial charge in [0, 0.05) is 21.2 Å². The standard InChI is InChI=1S/C35H49F3N2O3S/c1-8-10-11-12-23-13-16-27(24(9-2)17-23)29-18-25-14-15-26(19-28(25)44-29)42-21-34(7,35(36,37)38)22-43-31(41)33(5,6)30(39)20-32(3,4)40/h13-19,30H,8-12,20-22,39-40H2,1-7H3. The molecule has 0 aliphatic heterocycles. The van der Waals surface area contributed by atoms with E-state index in [1.807, 2.05) is 6.07 Å². The third kappa shape index (κ3) is 8.98. The van der Waals surface area contributed by atoms with Crippen LogP contribution >= 0.6 is 11.3 Å². The molecule has 0 aliphatic rings. The molecule has 0 aliphatic carbocycles. The molecule has 0 radical (unpaired) electrons. The first-order valence-electron chi connectivity index (χ1n) is 15.5. The van der Waals surface area contributed by atoms with E-state index in [1.165, 1.54) is 36.0 Å². The number of hydrogen-bond acceptors (Lipinski definition) is 6. The van der Waals surface area contributed by atoms with Crippen LogP contribution in [0.4, 0.5) is 13.2 Å². The van der Waals surface area contributed by atoms with Crippen LogP contribution in [-0.4, -0.2) is 36.9 Å². The topological polar surface area (TPSA) is 87.6 Å². The van der Waals surface area contributed by atoms with E-state index in [0.717, 1.165) is 34.7 Å². The zero-order chi connectivity index (χ0) is 32.9. The number of ether oxygens (including phenoxy) is 2. The molecule has 244 valence electrons. The van der Waals surface area contributed by atoms with E-state index in [1.54, 1.807) is 51.2 Å². The summed E-state index contributed by atoms with van der Waals surface area (Å²) in [5.74, 6) is -0.486. The Morgan fingerprint density at radius 1 is 0.955 bits per heavy atom. The number of thiophene rings is 1. The maximum Gasteiger partial charge on any atom is 0.400 e. The largest absolute Gasteiger partial charge is 0.492 e. The van der Waals surface area contributed by atoms with Crippen molar-refractivity contribution in [2.75, 3.05) is 13.2 Å². The van der Waals surface area contributed by atoms with E-state index >= 15 is 0 Å². The summed E-state index contributed by atoms with van der Waals surface area (Å²) < 4.78 is 54.6. The van der Waals surface area contributed by atoms with Gasteiger partial charge in [0.05, 0.1) is 5.41 Å².